The average molecular weight is 163 g/mol. The minimum atomic E-state index is 0.358. The summed E-state index contributed by atoms with van der Waals surface area (Å²) in [6.07, 6.45) is 6.26. The first-order valence-corrected chi connectivity index (χ1v) is 4.17. The van der Waals surface area contributed by atoms with Gasteiger partial charge in [0.05, 0.1) is 17.9 Å². The summed E-state index contributed by atoms with van der Waals surface area (Å²) in [6.45, 7) is 2.98. The molecule has 2 heterocycles. The minimum absolute atomic E-state index is 0.358. The third kappa shape index (κ3) is 1.06. The van der Waals surface area contributed by atoms with Gasteiger partial charge in [0.15, 0.2) is 0 Å². The number of hydrogen-bond donors (Lipinski definition) is 1. The van der Waals surface area contributed by atoms with Crippen LogP contribution < -0.4 is 5.32 Å². The van der Waals surface area contributed by atoms with Crippen molar-refractivity contribution in [3.05, 3.63) is 29.9 Å². The van der Waals surface area contributed by atoms with E-state index in [9.17, 15) is 0 Å². The van der Waals surface area contributed by atoms with Crippen molar-refractivity contribution in [3.8, 4) is 0 Å². The Morgan fingerprint density at radius 3 is 3.00 bits per heavy atom. The monoisotopic (exact) mass is 163 g/mol. The van der Waals surface area contributed by atoms with Gasteiger partial charge in [0, 0.05) is 13.6 Å². The van der Waals surface area contributed by atoms with Crippen LogP contribution in [0.25, 0.3) is 0 Å². The molecule has 2 rings (SSSR count). The Balaban J connectivity index is 2.33. The standard InChI is InChI=1S/C9H13N3/c1-7-11-6-9(12(7)2)8-4-3-5-10-8/h3-4,6,8,10H,5H2,1-2H3. The van der Waals surface area contributed by atoms with Gasteiger partial charge < -0.3 is 9.88 Å². The lowest BCUT2D eigenvalue weighted by atomic mass is 10.2. The molecule has 0 aliphatic carbocycles. The second kappa shape index (κ2) is 2.75. The van der Waals surface area contributed by atoms with Gasteiger partial charge in [0.2, 0.25) is 0 Å². The molecule has 1 aliphatic heterocycles. The summed E-state index contributed by atoms with van der Waals surface area (Å²) < 4.78 is 2.12. The molecule has 3 nitrogen and oxygen atoms in total. The van der Waals surface area contributed by atoms with Crippen molar-refractivity contribution in [2.45, 2.75) is 13.0 Å². The van der Waals surface area contributed by atoms with Crippen LogP contribution in [0.3, 0.4) is 0 Å². The van der Waals surface area contributed by atoms with Crippen molar-refractivity contribution in [2.75, 3.05) is 6.54 Å². The lowest BCUT2D eigenvalue weighted by Crippen LogP contribution is -2.16. The van der Waals surface area contributed by atoms with Gasteiger partial charge in [-0.1, -0.05) is 12.2 Å². The Kier molecular flexibility index (Phi) is 1.73. The van der Waals surface area contributed by atoms with E-state index in [0.717, 1.165) is 12.4 Å². The molecule has 0 saturated heterocycles. The largest absolute Gasteiger partial charge is 0.334 e. The third-order valence-corrected chi connectivity index (χ3v) is 2.36. The molecular weight excluding hydrogens is 150 g/mol. The maximum atomic E-state index is 4.25. The van der Waals surface area contributed by atoms with E-state index in [2.05, 4.69) is 27.0 Å². The zero-order chi connectivity index (χ0) is 8.55. The normalized spacial score (nSPS) is 22.0. The fourth-order valence-electron chi connectivity index (χ4n) is 1.48. The van der Waals surface area contributed by atoms with Crippen molar-refractivity contribution in [1.29, 1.82) is 0 Å². The van der Waals surface area contributed by atoms with Gasteiger partial charge >= 0.3 is 0 Å². The van der Waals surface area contributed by atoms with Crippen LogP contribution in [0.4, 0.5) is 0 Å². The van der Waals surface area contributed by atoms with Crippen molar-refractivity contribution in [3.63, 3.8) is 0 Å². The van der Waals surface area contributed by atoms with E-state index in [1.807, 2.05) is 20.2 Å². The number of hydrogen-bond acceptors (Lipinski definition) is 2. The summed E-state index contributed by atoms with van der Waals surface area (Å²) in [7, 11) is 2.05. The molecule has 1 unspecified atom stereocenters. The van der Waals surface area contributed by atoms with E-state index in [4.69, 9.17) is 0 Å². The summed E-state index contributed by atoms with van der Waals surface area (Å²) in [6, 6.07) is 0.358. The number of aryl methyl sites for hydroxylation is 1. The van der Waals surface area contributed by atoms with E-state index in [-0.39, 0.29) is 0 Å². The zero-order valence-corrected chi connectivity index (χ0v) is 7.41. The number of imidazole rings is 1. The second-order valence-corrected chi connectivity index (χ2v) is 3.10. The molecule has 1 aromatic heterocycles. The molecule has 0 fully saturated rings. The first-order chi connectivity index (χ1) is 5.79. The van der Waals surface area contributed by atoms with Gasteiger partial charge in [-0.25, -0.2) is 4.98 Å². The summed E-state index contributed by atoms with van der Waals surface area (Å²) in [5.74, 6) is 1.06. The van der Waals surface area contributed by atoms with E-state index < -0.39 is 0 Å². The van der Waals surface area contributed by atoms with Crippen LogP contribution in [0.2, 0.25) is 0 Å². The van der Waals surface area contributed by atoms with Crippen molar-refractivity contribution < 1.29 is 0 Å². The average Bonchev–Trinajstić information content (AvgIpc) is 2.64. The quantitative estimate of drug-likeness (QED) is 0.624. The van der Waals surface area contributed by atoms with Crippen molar-refractivity contribution >= 4 is 0 Å². The molecule has 1 atom stereocenters. The molecular formula is C9H13N3. The Bertz CT molecular complexity index is 312. The van der Waals surface area contributed by atoms with Crippen LogP contribution >= 0.6 is 0 Å². The Morgan fingerprint density at radius 2 is 2.50 bits per heavy atom. The Morgan fingerprint density at radius 1 is 1.67 bits per heavy atom. The molecule has 0 saturated carbocycles. The van der Waals surface area contributed by atoms with Gasteiger partial charge in [-0.15, -0.1) is 0 Å². The van der Waals surface area contributed by atoms with E-state index >= 15 is 0 Å². The van der Waals surface area contributed by atoms with Gasteiger partial charge in [-0.2, -0.15) is 0 Å². The molecule has 12 heavy (non-hydrogen) atoms. The lowest BCUT2D eigenvalue weighted by Gasteiger charge is -2.09. The number of nitrogens with zero attached hydrogens (tertiary/aromatic N) is 2. The van der Waals surface area contributed by atoms with E-state index in [1.54, 1.807) is 0 Å². The van der Waals surface area contributed by atoms with Crippen LogP contribution in [0, 0.1) is 6.92 Å². The zero-order valence-electron chi connectivity index (χ0n) is 7.41. The van der Waals surface area contributed by atoms with E-state index in [1.165, 1.54) is 5.69 Å². The van der Waals surface area contributed by atoms with Crippen LogP contribution in [-0.4, -0.2) is 16.1 Å². The molecule has 1 aliphatic rings. The first kappa shape index (κ1) is 7.55. The molecule has 1 N–H and O–H groups in total. The van der Waals surface area contributed by atoms with Gasteiger partial charge in [0.25, 0.3) is 0 Å². The SMILES string of the molecule is Cc1ncc(C2C=CCN2)n1C. The summed E-state index contributed by atoms with van der Waals surface area (Å²) in [5, 5.41) is 3.36. The Labute approximate surface area is 72.1 Å². The van der Waals surface area contributed by atoms with Crippen molar-refractivity contribution in [2.24, 2.45) is 7.05 Å². The van der Waals surface area contributed by atoms with E-state index in [0.29, 0.717) is 6.04 Å². The highest BCUT2D eigenvalue weighted by atomic mass is 15.1. The lowest BCUT2D eigenvalue weighted by molar-refractivity contribution is 0.651. The highest BCUT2D eigenvalue weighted by Crippen LogP contribution is 2.17. The molecule has 1 aromatic rings. The summed E-state index contributed by atoms with van der Waals surface area (Å²) in [5.41, 5.74) is 1.24. The Hall–Kier alpha value is -1.09. The topological polar surface area (TPSA) is 29.9 Å². The molecule has 0 aromatic carbocycles. The third-order valence-electron chi connectivity index (χ3n) is 2.36. The van der Waals surface area contributed by atoms with Gasteiger partial charge in [-0.05, 0) is 6.92 Å². The predicted octanol–water partition coefficient (Wildman–Crippen LogP) is 0.929. The van der Waals surface area contributed by atoms with Crippen molar-refractivity contribution in [1.82, 2.24) is 14.9 Å². The molecule has 64 valence electrons. The smallest absolute Gasteiger partial charge is 0.105 e. The maximum absolute atomic E-state index is 4.25. The number of nitrogens with one attached hydrogen (secondary N) is 1. The number of rotatable bonds is 1. The van der Waals surface area contributed by atoms with Crippen LogP contribution in [0.1, 0.15) is 17.6 Å². The molecule has 0 spiro atoms. The second-order valence-electron chi connectivity index (χ2n) is 3.10. The van der Waals surface area contributed by atoms with Gasteiger partial charge in [-0.3, -0.25) is 0 Å². The highest BCUT2D eigenvalue weighted by Gasteiger charge is 2.14. The van der Waals surface area contributed by atoms with Crippen LogP contribution in [0.15, 0.2) is 18.3 Å². The van der Waals surface area contributed by atoms with Crippen LogP contribution in [-0.2, 0) is 7.05 Å². The minimum Gasteiger partial charge on any atom is -0.334 e. The van der Waals surface area contributed by atoms with Crippen LogP contribution in [0.5, 0.6) is 0 Å². The first-order valence-electron chi connectivity index (χ1n) is 4.17. The maximum Gasteiger partial charge on any atom is 0.105 e. The number of aromatic nitrogens is 2. The molecule has 0 radical (unpaired) electrons. The fraction of sp³-hybridized carbons (Fsp3) is 0.444. The fourth-order valence-corrected chi connectivity index (χ4v) is 1.48. The summed E-state index contributed by atoms with van der Waals surface area (Å²) in [4.78, 5) is 4.25. The molecule has 0 amide bonds. The predicted molar refractivity (Wildman–Crippen MR) is 47.8 cm³/mol. The van der Waals surface area contributed by atoms with Gasteiger partial charge in [0.1, 0.15) is 5.82 Å². The summed E-state index contributed by atoms with van der Waals surface area (Å²) >= 11 is 0. The molecule has 0 bridgehead atoms. The highest BCUT2D eigenvalue weighted by molar-refractivity contribution is 5.18. The molecule has 3 heteroatoms.